The first-order valence-electron chi connectivity index (χ1n) is 9.28. The zero-order valence-electron chi connectivity index (χ0n) is 17.0. The highest BCUT2D eigenvalue weighted by Crippen LogP contribution is 2.28. The molecular formula is C21H28N2O4S. The van der Waals surface area contributed by atoms with Gasteiger partial charge in [0.2, 0.25) is 15.9 Å². The SMILES string of the molecule is CCOc1ccccc1NC(=O)[C@H](CC)N(c1ccc(C)c(C)c1)S(C)(=O)=O. The number of carbonyl (C=O) groups is 1. The predicted octanol–water partition coefficient (Wildman–Crippen LogP) is 3.89. The molecule has 2 aromatic rings. The molecule has 2 rings (SSSR count). The Morgan fingerprint density at radius 2 is 1.79 bits per heavy atom. The fourth-order valence-corrected chi connectivity index (χ4v) is 4.19. The Morgan fingerprint density at radius 3 is 2.36 bits per heavy atom. The lowest BCUT2D eigenvalue weighted by molar-refractivity contribution is -0.117. The van der Waals surface area contributed by atoms with Crippen LogP contribution >= 0.6 is 0 Å². The van der Waals surface area contributed by atoms with Crippen LogP contribution in [0, 0.1) is 13.8 Å². The molecule has 6 nitrogen and oxygen atoms in total. The van der Waals surface area contributed by atoms with Gasteiger partial charge in [-0.3, -0.25) is 9.10 Å². The fourth-order valence-electron chi connectivity index (χ4n) is 2.99. The van der Waals surface area contributed by atoms with Gasteiger partial charge in [0.25, 0.3) is 0 Å². The smallest absolute Gasteiger partial charge is 0.248 e. The molecule has 0 aliphatic carbocycles. The molecule has 0 saturated heterocycles. The van der Waals surface area contributed by atoms with Gasteiger partial charge >= 0.3 is 0 Å². The minimum atomic E-state index is -3.68. The minimum Gasteiger partial charge on any atom is -0.492 e. The van der Waals surface area contributed by atoms with Crippen LogP contribution in [-0.4, -0.2) is 33.2 Å². The highest BCUT2D eigenvalue weighted by Gasteiger charge is 2.32. The number of nitrogens with one attached hydrogen (secondary N) is 1. The fraction of sp³-hybridized carbons (Fsp3) is 0.381. The third kappa shape index (κ3) is 5.04. The number of aryl methyl sites for hydroxylation is 2. The zero-order valence-corrected chi connectivity index (χ0v) is 17.8. The van der Waals surface area contributed by atoms with Gasteiger partial charge in [0.15, 0.2) is 0 Å². The minimum absolute atomic E-state index is 0.322. The third-order valence-electron chi connectivity index (χ3n) is 4.52. The van der Waals surface area contributed by atoms with E-state index in [-0.39, 0.29) is 0 Å². The first kappa shape index (κ1) is 21.8. The number of hydrogen-bond donors (Lipinski definition) is 1. The predicted molar refractivity (Wildman–Crippen MR) is 114 cm³/mol. The number of hydrogen-bond acceptors (Lipinski definition) is 4. The molecule has 7 heteroatoms. The number of amides is 1. The maximum absolute atomic E-state index is 13.0. The normalized spacial score (nSPS) is 12.3. The van der Waals surface area contributed by atoms with Crippen LogP contribution in [0.2, 0.25) is 0 Å². The van der Waals surface area contributed by atoms with Gasteiger partial charge in [0.05, 0.1) is 24.2 Å². The second-order valence-electron chi connectivity index (χ2n) is 6.67. The molecule has 1 N–H and O–H groups in total. The number of ether oxygens (including phenoxy) is 1. The van der Waals surface area contributed by atoms with E-state index in [9.17, 15) is 13.2 Å². The largest absolute Gasteiger partial charge is 0.492 e. The Kier molecular flexibility index (Phi) is 7.07. The molecule has 0 saturated carbocycles. The first-order valence-corrected chi connectivity index (χ1v) is 11.1. The number of rotatable bonds is 8. The summed E-state index contributed by atoms with van der Waals surface area (Å²) < 4.78 is 31.9. The van der Waals surface area contributed by atoms with Gasteiger partial charge < -0.3 is 10.1 Å². The number of sulfonamides is 1. The number of anilines is 2. The molecule has 0 aliphatic rings. The van der Waals surface area contributed by atoms with Crippen molar-refractivity contribution in [2.45, 2.75) is 40.2 Å². The van der Waals surface area contributed by atoms with Gasteiger partial charge in [-0.1, -0.05) is 25.1 Å². The lowest BCUT2D eigenvalue weighted by Crippen LogP contribution is -2.47. The number of carbonyl (C=O) groups excluding carboxylic acids is 1. The van der Waals surface area contributed by atoms with Crippen LogP contribution < -0.4 is 14.4 Å². The molecule has 2 aromatic carbocycles. The van der Waals surface area contributed by atoms with E-state index in [2.05, 4.69) is 5.32 Å². The number of para-hydroxylation sites is 2. The van der Waals surface area contributed by atoms with Gasteiger partial charge in [0, 0.05) is 0 Å². The molecule has 28 heavy (non-hydrogen) atoms. The number of nitrogens with zero attached hydrogens (tertiary/aromatic N) is 1. The van der Waals surface area contributed by atoms with Crippen molar-refractivity contribution in [1.29, 1.82) is 0 Å². The van der Waals surface area contributed by atoms with E-state index >= 15 is 0 Å². The third-order valence-corrected chi connectivity index (χ3v) is 5.70. The number of benzene rings is 2. The Morgan fingerprint density at radius 1 is 1.11 bits per heavy atom. The standard InChI is InChI=1S/C21H28N2O4S/c1-6-19(21(24)22-18-10-8-9-11-20(18)27-7-2)23(28(5,25)26)17-13-12-15(3)16(4)14-17/h8-14,19H,6-7H2,1-5H3,(H,22,24)/t19-/m0/s1. The molecule has 1 amide bonds. The zero-order chi connectivity index (χ0) is 20.9. The lowest BCUT2D eigenvalue weighted by Gasteiger charge is -2.30. The van der Waals surface area contributed by atoms with Gasteiger partial charge in [-0.15, -0.1) is 0 Å². The van der Waals surface area contributed by atoms with Crippen molar-refractivity contribution in [3.05, 3.63) is 53.6 Å². The van der Waals surface area contributed by atoms with Crippen molar-refractivity contribution in [3.63, 3.8) is 0 Å². The second-order valence-corrected chi connectivity index (χ2v) is 8.53. The van der Waals surface area contributed by atoms with Crippen LogP contribution in [0.3, 0.4) is 0 Å². The Bertz CT molecular complexity index is 941. The van der Waals surface area contributed by atoms with Gasteiger partial charge in [-0.25, -0.2) is 8.42 Å². The molecule has 0 bridgehead atoms. The van der Waals surface area contributed by atoms with E-state index in [1.165, 1.54) is 4.31 Å². The molecule has 0 unspecified atom stereocenters. The van der Waals surface area contributed by atoms with Crippen LogP contribution in [0.1, 0.15) is 31.4 Å². The molecule has 0 aliphatic heterocycles. The first-order chi connectivity index (χ1) is 13.2. The van der Waals surface area contributed by atoms with E-state index in [1.807, 2.05) is 32.9 Å². The van der Waals surface area contributed by atoms with Crippen LogP contribution in [0.4, 0.5) is 11.4 Å². The van der Waals surface area contributed by atoms with Crippen molar-refractivity contribution in [2.75, 3.05) is 22.5 Å². The van der Waals surface area contributed by atoms with Gasteiger partial charge in [0.1, 0.15) is 11.8 Å². The maximum atomic E-state index is 13.0. The average Bonchev–Trinajstić information content (AvgIpc) is 2.62. The van der Waals surface area contributed by atoms with Crippen molar-refractivity contribution in [1.82, 2.24) is 0 Å². The summed E-state index contributed by atoms with van der Waals surface area (Å²) in [6.45, 7) is 7.98. The highest BCUT2D eigenvalue weighted by molar-refractivity contribution is 7.92. The van der Waals surface area contributed by atoms with Crippen molar-refractivity contribution >= 4 is 27.3 Å². The van der Waals surface area contributed by atoms with Crippen LogP contribution in [-0.2, 0) is 14.8 Å². The second kappa shape index (κ2) is 9.10. The van der Waals surface area contributed by atoms with Crippen molar-refractivity contribution in [3.8, 4) is 5.75 Å². The molecule has 0 radical (unpaired) electrons. The van der Waals surface area contributed by atoms with Gasteiger partial charge in [-0.2, -0.15) is 0 Å². The molecule has 1 atom stereocenters. The highest BCUT2D eigenvalue weighted by atomic mass is 32.2. The molecule has 0 aromatic heterocycles. The lowest BCUT2D eigenvalue weighted by atomic mass is 10.1. The molecule has 0 heterocycles. The summed E-state index contributed by atoms with van der Waals surface area (Å²) in [6.07, 6.45) is 1.44. The summed E-state index contributed by atoms with van der Waals surface area (Å²) in [7, 11) is -3.68. The Balaban J connectivity index is 2.41. The van der Waals surface area contributed by atoms with Crippen molar-refractivity contribution in [2.24, 2.45) is 0 Å². The summed E-state index contributed by atoms with van der Waals surface area (Å²) in [5, 5.41) is 2.82. The molecule has 0 spiro atoms. The van der Waals surface area contributed by atoms with E-state index < -0.39 is 22.0 Å². The summed E-state index contributed by atoms with van der Waals surface area (Å²) in [4.78, 5) is 13.0. The van der Waals surface area contributed by atoms with Crippen LogP contribution in [0.5, 0.6) is 5.75 Å². The van der Waals surface area contributed by atoms with E-state index in [0.717, 1.165) is 17.4 Å². The quantitative estimate of drug-likeness (QED) is 0.724. The van der Waals surface area contributed by atoms with Crippen LogP contribution in [0.25, 0.3) is 0 Å². The Hall–Kier alpha value is -2.54. The summed E-state index contributed by atoms with van der Waals surface area (Å²) in [6, 6.07) is 11.6. The van der Waals surface area contributed by atoms with E-state index in [0.29, 0.717) is 30.2 Å². The van der Waals surface area contributed by atoms with E-state index in [1.54, 1.807) is 37.3 Å². The van der Waals surface area contributed by atoms with E-state index in [4.69, 9.17) is 4.74 Å². The summed E-state index contributed by atoms with van der Waals surface area (Å²) in [5.74, 6) is 0.142. The topological polar surface area (TPSA) is 75.7 Å². The maximum Gasteiger partial charge on any atom is 0.248 e. The van der Waals surface area contributed by atoms with Gasteiger partial charge in [-0.05, 0) is 62.6 Å². The monoisotopic (exact) mass is 404 g/mol. The summed E-state index contributed by atoms with van der Waals surface area (Å²) >= 11 is 0. The molecular weight excluding hydrogens is 376 g/mol. The molecule has 0 fully saturated rings. The average molecular weight is 405 g/mol. The Labute approximate surface area is 167 Å². The molecule has 152 valence electrons. The summed E-state index contributed by atoms with van der Waals surface area (Å²) in [5.41, 5.74) is 3.01. The van der Waals surface area contributed by atoms with Crippen LogP contribution in [0.15, 0.2) is 42.5 Å². The van der Waals surface area contributed by atoms with Crippen molar-refractivity contribution < 1.29 is 17.9 Å².